The highest BCUT2D eigenvalue weighted by Gasteiger charge is 2.89. The summed E-state index contributed by atoms with van der Waals surface area (Å²) in [5, 5.41) is -0.486. The first-order valence-corrected chi connectivity index (χ1v) is 2.87. The number of fused-ring (bicyclic) bond motifs is 1. The monoisotopic (exact) mass is 134 g/mol. The van der Waals surface area contributed by atoms with Crippen molar-refractivity contribution in [1.29, 1.82) is 0 Å². The molecule has 0 spiro atoms. The number of rotatable bonds is 1. The van der Waals surface area contributed by atoms with E-state index < -0.39 is 16.3 Å². The topological polar surface area (TPSA) is 17.1 Å². The molecular formula is C5H4ClFO. The molecule has 0 aromatic heterocycles. The molecule has 2 fully saturated rings. The fraction of sp³-hybridized carbons (Fsp3) is 0.800. The van der Waals surface area contributed by atoms with Crippen LogP contribution in [0.1, 0.15) is 12.8 Å². The van der Waals surface area contributed by atoms with Crippen LogP contribution in [-0.4, -0.2) is 10.9 Å². The minimum Gasteiger partial charge on any atom is -0.281 e. The maximum Gasteiger partial charge on any atom is 0.231 e. The van der Waals surface area contributed by atoms with Crippen molar-refractivity contribution in [2.75, 3.05) is 0 Å². The van der Waals surface area contributed by atoms with Crippen LogP contribution >= 0.6 is 11.6 Å². The molecule has 0 unspecified atom stereocenters. The smallest absolute Gasteiger partial charge is 0.231 e. The summed E-state index contributed by atoms with van der Waals surface area (Å²) in [7, 11) is 0. The molecule has 2 saturated carbocycles. The predicted octanol–water partition coefficient (Wildman–Crippen LogP) is 1.25. The molecule has 0 saturated heterocycles. The Morgan fingerprint density at radius 1 is 1.62 bits per heavy atom. The van der Waals surface area contributed by atoms with Gasteiger partial charge in [0.1, 0.15) is 5.67 Å². The van der Waals surface area contributed by atoms with E-state index in [1.165, 1.54) is 0 Å². The van der Waals surface area contributed by atoms with Gasteiger partial charge in [-0.1, -0.05) is 0 Å². The molecule has 0 amide bonds. The Hall–Kier alpha value is -0.110. The molecule has 2 rings (SSSR count). The van der Waals surface area contributed by atoms with Crippen molar-refractivity contribution in [2.24, 2.45) is 5.41 Å². The first-order chi connectivity index (χ1) is 3.61. The normalized spacial score (nSPS) is 57.2. The zero-order chi connectivity index (χ0) is 5.99. The van der Waals surface area contributed by atoms with Crippen LogP contribution in [0.25, 0.3) is 0 Å². The lowest BCUT2D eigenvalue weighted by Crippen LogP contribution is -1.95. The molecule has 1 nitrogen and oxygen atoms in total. The minimum absolute atomic E-state index is 0.377. The molecule has 0 heterocycles. The number of carbonyl (C=O) groups is 1. The van der Waals surface area contributed by atoms with Gasteiger partial charge in [-0.15, -0.1) is 0 Å². The quantitative estimate of drug-likeness (QED) is 0.494. The maximum absolute atomic E-state index is 12.5. The minimum atomic E-state index is -1.15. The van der Waals surface area contributed by atoms with Crippen molar-refractivity contribution >= 4 is 16.8 Å². The fourth-order valence-corrected chi connectivity index (χ4v) is 1.43. The van der Waals surface area contributed by atoms with Gasteiger partial charge < -0.3 is 0 Å². The standard InChI is InChI=1S/C5H4ClFO/c6-3(8)4-1-5(4,7)2-4/h1-2H2. The Kier molecular flexibility index (Phi) is 0.496. The van der Waals surface area contributed by atoms with Crippen molar-refractivity contribution in [3.8, 4) is 0 Å². The third-order valence-corrected chi connectivity index (χ3v) is 2.51. The molecule has 8 heavy (non-hydrogen) atoms. The van der Waals surface area contributed by atoms with Crippen molar-refractivity contribution in [1.82, 2.24) is 0 Å². The van der Waals surface area contributed by atoms with Gasteiger partial charge in [-0.2, -0.15) is 0 Å². The highest BCUT2D eigenvalue weighted by Crippen LogP contribution is 2.81. The van der Waals surface area contributed by atoms with Gasteiger partial charge in [0.15, 0.2) is 0 Å². The van der Waals surface area contributed by atoms with Crippen LogP contribution < -0.4 is 0 Å². The molecule has 0 radical (unpaired) electrons. The van der Waals surface area contributed by atoms with Gasteiger partial charge in [0, 0.05) is 0 Å². The summed E-state index contributed by atoms with van der Waals surface area (Å²) in [5.74, 6) is 0. The Bertz CT molecular complexity index is 171. The first-order valence-electron chi connectivity index (χ1n) is 2.50. The number of carbonyl (C=O) groups excluding carboxylic acids is 1. The molecule has 0 N–H and O–H groups in total. The Morgan fingerprint density at radius 2 is 2.00 bits per heavy atom. The number of alkyl halides is 1. The average molecular weight is 135 g/mol. The zero-order valence-corrected chi connectivity index (χ0v) is 4.83. The van der Waals surface area contributed by atoms with E-state index in [0.717, 1.165) is 0 Å². The summed E-state index contributed by atoms with van der Waals surface area (Å²) in [6.45, 7) is 0. The molecule has 3 heteroatoms. The predicted molar refractivity (Wildman–Crippen MR) is 26.4 cm³/mol. The number of hydrogen-bond acceptors (Lipinski definition) is 1. The number of halogens is 2. The van der Waals surface area contributed by atoms with Gasteiger partial charge >= 0.3 is 0 Å². The van der Waals surface area contributed by atoms with E-state index >= 15 is 0 Å². The third kappa shape index (κ3) is 0.269. The molecule has 0 atom stereocenters. The summed E-state index contributed by atoms with van der Waals surface area (Å²) in [4.78, 5) is 10.3. The molecule has 44 valence electrons. The fourth-order valence-electron chi connectivity index (χ4n) is 1.13. The van der Waals surface area contributed by atoms with Crippen LogP contribution in [0.4, 0.5) is 4.39 Å². The Morgan fingerprint density at radius 3 is 2.00 bits per heavy atom. The van der Waals surface area contributed by atoms with Crippen LogP contribution in [0, 0.1) is 5.41 Å². The highest BCUT2D eigenvalue weighted by molar-refractivity contribution is 6.66. The van der Waals surface area contributed by atoms with E-state index in [9.17, 15) is 9.18 Å². The molecule has 0 aromatic carbocycles. The van der Waals surface area contributed by atoms with Crippen LogP contribution in [0.2, 0.25) is 0 Å². The van der Waals surface area contributed by atoms with E-state index in [2.05, 4.69) is 0 Å². The van der Waals surface area contributed by atoms with Gasteiger partial charge in [0.25, 0.3) is 0 Å². The number of hydrogen-bond donors (Lipinski definition) is 0. The molecular weight excluding hydrogens is 131 g/mol. The lowest BCUT2D eigenvalue weighted by Gasteiger charge is -1.85. The second-order valence-electron chi connectivity index (χ2n) is 2.67. The van der Waals surface area contributed by atoms with E-state index in [4.69, 9.17) is 11.6 Å². The summed E-state index contributed by atoms with van der Waals surface area (Å²) in [6.07, 6.45) is 0.755. The van der Waals surface area contributed by atoms with Gasteiger partial charge in [0.2, 0.25) is 5.24 Å². The highest BCUT2D eigenvalue weighted by atomic mass is 35.5. The van der Waals surface area contributed by atoms with Crippen molar-refractivity contribution in [3.05, 3.63) is 0 Å². The largest absolute Gasteiger partial charge is 0.281 e. The molecule has 2 aliphatic rings. The van der Waals surface area contributed by atoms with Crippen molar-refractivity contribution in [3.63, 3.8) is 0 Å². The van der Waals surface area contributed by atoms with Crippen molar-refractivity contribution < 1.29 is 9.18 Å². The van der Waals surface area contributed by atoms with Crippen LogP contribution in [0.5, 0.6) is 0 Å². The van der Waals surface area contributed by atoms with E-state index in [1.54, 1.807) is 0 Å². The van der Waals surface area contributed by atoms with E-state index in [0.29, 0.717) is 12.8 Å². The average Bonchev–Trinajstić information content (AvgIpc) is 2.22. The summed E-state index contributed by atoms with van der Waals surface area (Å²) < 4.78 is 12.5. The second-order valence-corrected chi connectivity index (χ2v) is 3.02. The van der Waals surface area contributed by atoms with E-state index in [1.807, 2.05) is 0 Å². The molecule has 0 aliphatic heterocycles. The first kappa shape index (κ1) is 4.74. The summed E-state index contributed by atoms with van der Waals surface area (Å²) in [6, 6.07) is 0. The van der Waals surface area contributed by atoms with E-state index in [-0.39, 0.29) is 0 Å². The zero-order valence-electron chi connectivity index (χ0n) is 4.08. The van der Waals surface area contributed by atoms with Gasteiger partial charge in [0.05, 0.1) is 5.41 Å². The van der Waals surface area contributed by atoms with Gasteiger partial charge in [-0.05, 0) is 24.4 Å². The molecule has 2 aliphatic carbocycles. The third-order valence-electron chi connectivity index (χ3n) is 2.15. The van der Waals surface area contributed by atoms with Gasteiger partial charge in [-0.25, -0.2) is 4.39 Å². The SMILES string of the molecule is O=C(Cl)C12CC1(F)C2. The lowest BCUT2D eigenvalue weighted by molar-refractivity contribution is -0.114. The van der Waals surface area contributed by atoms with Crippen LogP contribution in [-0.2, 0) is 4.79 Å². The van der Waals surface area contributed by atoms with Crippen molar-refractivity contribution in [2.45, 2.75) is 18.5 Å². The summed E-state index contributed by atoms with van der Waals surface area (Å²) in [5.41, 5.74) is -1.83. The summed E-state index contributed by atoms with van der Waals surface area (Å²) >= 11 is 5.07. The second kappa shape index (κ2) is 0.838. The lowest BCUT2D eigenvalue weighted by atomic mass is 10.2. The Balaban J connectivity index is 2.24. The maximum atomic E-state index is 12.5. The molecule has 0 aromatic rings. The molecule has 0 bridgehead atoms. The van der Waals surface area contributed by atoms with Gasteiger partial charge in [-0.3, -0.25) is 4.79 Å². The van der Waals surface area contributed by atoms with Crippen LogP contribution in [0.15, 0.2) is 0 Å². The van der Waals surface area contributed by atoms with Crippen LogP contribution in [0.3, 0.4) is 0 Å². The Labute approximate surface area is 50.8 Å².